The van der Waals surface area contributed by atoms with Crippen molar-refractivity contribution in [2.24, 2.45) is 0 Å². The number of carbonyl (C=O) groups is 2. The number of hydrogen-bond acceptors (Lipinski definition) is 9. The predicted octanol–water partition coefficient (Wildman–Crippen LogP) is 8.75. The molecule has 4 aromatic rings. The quantitative estimate of drug-likeness (QED) is 0.209. The SMILES string of the molecule is COc1nc(N2CC3CCC(C2)N3C(=O)OC(C)(C)C)c2cc(C(F)(F)F)c(-c3ccc(F)c4sc(NC(=O)OC(C)(C)C)cc34)c(F)c2n1. The van der Waals surface area contributed by atoms with Gasteiger partial charge in [0.1, 0.15) is 28.4 Å². The minimum absolute atomic E-state index is 0.0205. The summed E-state index contributed by atoms with van der Waals surface area (Å²) in [6.45, 7) is 10.6. The average Bonchev–Trinajstić information content (AvgIpc) is 3.53. The normalized spacial score (nSPS) is 18.2. The maximum Gasteiger partial charge on any atom is 0.417 e. The first-order valence-corrected chi connectivity index (χ1v) is 16.7. The Morgan fingerprint density at radius 3 is 2.14 bits per heavy atom. The zero-order valence-corrected chi connectivity index (χ0v) is 29.2. The van der Waals surface area contributed by atoms with Crippen LogP contribution in [0, 0.1) is 11.6 Å². The second-order valence-corrected chi connectivity index (χ2v) is 15.3. The molecule has 0 aliphatic carbocycles. The molecule has 1 N–H and O–H groups in total. The van der Waals surface area contributed by atoms with E-state index in [1.165, 1.54) is 13.2 Å². The summed E-state index contributed by atoms with van der Waals surface area (Å²) in [6.07, 6.45) is -5.12. The van der Waals surface area contributed by atoms with Crippen LogP contribution in [0.4, 0.5) is 42.4 Å². The van der Waals surface area contributed by atoms with E-state index < -0.39 is 57.8 Å². The van der Waals surface area contributed by atoms with E-state index in [9.17, 15) is 22.8 Å². The van der Waals surface area contributed by atoms with Crippen molar-refractivity contribution in [3.63, 3.8) is 0 Å². The van der Waals surface area contributed by atoms with Crippen molar-refractivity contribution in [3.8, 4) is 17.1 Å². The van der Waals surface area contributed by atoms with Gasteiger partial charge in [0.2, 0.25) is 0 Å². The van der Waals surface area contributed by atoms with Crippen LogP contribution in [0.1, 0.15) is 59.9 Å². The number of benzene rings is 2. The van der Waals surface area contributed by atoms with Gasteiger partial charge in [0.05, 0.1) is 34.5 Å². The number of nitrogens with one attached hydrogen (secondary N) is 1. The lowest BCUT2D eigenvalue weighted by atomic mass is 9.93. The molecule has 2 atom stereocenters. The number of hydrogen-bond donors (Lipinski definition) is 1. The number of methoxy groups -OCH3 is 1. The highest BCUT2D eigenvalue weighted by atomic mass is 32.1. The molecule has 2 aromatic heterocycles. The van der Waals surface area contributed by atoms with E-state index in [0.717, 1.165) is 29.5 Å². The third-order valence-corrected chi connectivity index (χ3v) is 9.35. The van der Waals surface area contributed by atoms with E-state index in [1.54, 1.807) is 51.3 Å². The second-order valence-electron chi connectivity index (χ2n) is 14.3. The lowest BCUT2D eigenvalue weighted by Gasteiger charge is -2.42. The fourth-order valence-corrected chi connectivity index (χ4v) is 7.45. The second kappa shape index (κ2) is 12.4. The Balaban J connectivity index is 1.48. The van der Waals surface area contributed by atoms with Gasteiger partial charge in [-0.25, -0.2) is 18.4 Å². The van der Waals surface area contributed by atoms with Crippen molar-refractivity contribution in [3.05, 3.63) is 41.5 Å². The molecular weight excluding hydrogens is 685 g/mol. The molecule has 6 rings (SSSR count). The first kappa shape index (κ1) is 35.4. The summed E-state index contributed by atoms with van der Waals surface area (Å²) in [5.74, 6) is -2.06. The number of anilines is 2. The molecule has 2 aliphatic heterocycles. The zero-order valence-electron chi connectivity index (χ0n) is 28.4. The highest BCUT2D eigenvalue weighted by Crippen LogP contribution is 2.47. The van der Waals surface area contributed by atoms with Gasteiger partial charge in [-0.3, -0.25) is 10.2 Å². The third-order valence-electron chi connectivity index (χ3n) is 8.29. The molecule has 2 aromatic carbocycles. The number of piperazine rings is 1. The summed E-state index contributed by atoms with van der Waals surface area (Å²) in [7, 11) is 1.26. The molecule has 50 heavy (non-hydrogen) atoms. The number of fused-ring (bicyclic) bond motifs is 4. The van der Waals surface area contributed by atoms with E-state index in [4.69, 9.17) is 14.2 Å². The van der Waals surface area contributed by atoms with E-state index in [1.807, 2.05) is 0 Å². The summed E-state index contributed by atoms with van der Waals surface area (Å²) in [5, 5.41) is 2.30. The number of carbonyl (C=O) groups excluding carboxylic acids is 2. The molecule has 2 bridgehead atoms. The molecule has 268 valence electrons. The van der Waals surface area contributed by atoms with Crippen molar-refractivity contribution in [1.82, 2.24) is 14.9 Å². The van der Waals surface area contributed by atoms with E-state index in [-0.39, 0.29) is 63.0 Å². The van der Waals surface area contributed by atoms with Gasteiger partial charge in [-0.1, -0.05) is 6.07 Å². The smallest absolute Gasteiger partial charge is 0.417 e. The van der Waals surface area contributed by atoms with Gasteiger partial charge in [0.15, 0.2) is 5.82 Å². The number of rotatable bonds is 4. The molecule has 2 amide bonds. The standard InChI is InChI=1S/C34H36F5N5O5S/c1-32(2,3)48-30(45)40-23-13-19-18(10-11-22(35)27(19)50-23)24-21(34(37,38)39)12-20-26(25(24)36)41-29(47-7)42-28(20)43-14-16-8-9-17(15-43)44(16)31(46)49-33(4,5)6/h10-13,16-17H,8-9,14-15H2,1-7H3,(H,40,45). The lowest BCUT2D eigenvalue weighted by molar-refractivity contribution is -0.137. The Morgan fingerprint density at radius 2 is 1.56 bits per heavy atom. The van der Waals surface area contributed by atoms with Crippen molar-refractivity contribution in [1.29, 1.82) is 0 Å². The van der Waals surface area contributed by atoms with Crippen LogP contribution in [0.15, 0.2) is 24.3 Å². The Bertz CT molecular complexity index is 1990. The highest BCUT2D eigenvalue weighted by molar-refractivity contribution is 7.23. The summed E-state index contributed by atoms with van der Waals surface area (Å²) in [4.78, 5) is 37.4. The molecule has 4 heterocycles. The van der Waals surface area contributed by atoms with Gasteiger partial charge in [-0.2, -0.15) is 23.1 Å². The number of amides is 2. The van der Waals surface area contributed by atoms with Gasteiger partial charge in [-0.15, -0.1) is 11.3 Å². The highest BCUT2D eigenvalue weighted by Gasteiger charge is 2.45. The number of halogens is 5. The minimum Gasteiger partial charge on any atom is -0.467 e. The van der Waals surface area contributed by atoms with Crippen molar-refractivity contribution in [2.75, 3.05) is 30.4 Å². The topological polar surface area (TPSA) is 106 Å². The number of thiophene rings is 1. The molecule has 16 heteroatoms. The summed E-state index contributed by atoms with van der Waals surface area (Å²) in [5.41, 5.74) is -4.43. The molecular formula is C34H36F5N5O5S. The van der Waals surface area contributed by atoms with Gasteiger partial charge < -0.3 is 19.1 Å². The van der Waals surface area contributed by atoms with Crippen molar-refractivity contribution >= 4 is 55.3 Å². The van der Waals surface area contributed by atoms with Gasteiger partial charge in [0.25, 0.3) is 0 Å². The Kier molecular flexibility index (Phi) is 8.76. The molecule has 2 saturated heterocycles. The monoisotopic (exact) mass is 721 g/mol. The number of ether oxygens (including phenoxy) is 3. The van der Waals surface area contributed by atoms with Crippen LogP contribution in [-0.4, -0.2) is 70.5 Å². The summed E-state index contributed by atoms with van der Waals surface area (Å²) >= 11 is 0.769. The summed E-state index contributed by atoms with van der Waals surface area (Å²) in [6, 6.07) is 3.17. The molecule has 2 aliphatic rings. The predicted molar refractivity (Wildman–Crippen MR) is 179 cm³/mol. The largest absolute Gasteiger partial charge is 0.467 e. The Labute approximate surface area is 288 Å². The first-order chi connectivity index (χ1) is 23.2. The zero-order chi connectivity index (χ0) is 36.5. The van der Waals surface area contributed by atoms with Gasteiger partial charge >= 0.3 is 24.4 Å². The fourth-order valence-electron chi connectivity index (χ4n) is 6.47. The molecule has 0 radical (unpaired) electrons. The van der Waals surface area contributed by atoms with Crippen LogP contribution in [0.5, 0.6) is 6.01 Å². The molecule has 2 fully saturated rings. The fraction of sp³-hybridized carbons (Fsp3) is 0.471. The summed E-state index contributed by atoms with van der Waals surface area (Å²) < 4.78 is 92.7. The lowest BCUT2D eigenvalue weighted by Crippen LogP contribution is -2.57. The van der Waals surface area contributed by atoms with E-state index >= 15 is 8.78 Å². The maximum atomic E-state index is 16.8. The molecule has 0 saturated carbocycles. The van der Waals surface area contributed by atoms with Crippen molar-refractivity contribution in [2.45, 2.75) is 83.8 Å². The van der Waals surface area contributed by atoms with Crippen LogP contribution < -0.4 is 15.0 Å². The number of aromatic nitrogens is 2. The molecule has 0 spiro atoms. The van der Waals surface area contributed by atoms with E-state index in [0.29, 0.717) is 12.8 Å². The van der Waals surface area contributed by atoms with Crippen LogP contribution in [0.3, 0.4) is 0 Å². The van der Waals surface area contributed by atoms with Gasteiger partial charge in [0, 0.05) is 29.4 Å². The first-order valence-electron chi connectivity index (χ1n) is 15.9. The number of alkyl halides is 3. The average molecular weight is 722 g/mol. The molecule has 10 nitrogen and oxygen atoms in total. The van der Waals surface area contributed by atoms with Gasteiger partial charge in [-0.05, 0) is 78.1 Å². The maximum absolute atomic E-state index is 16.8. The van der Waals surface area contributed by atoms with Crippen LogP contribution in [-0.2, 0) is 15.7 Å². The van der Waals surface area contributed by atoms with E-state index in [2.05, 4.69) is 15.3 Å². The van der Waals surface area contributed by atoms with Crippen LogP contribution >= 0.6 is 11.3 Å². The van der Waals surface area contributed by atoms with Crippen LogP contribution in [0.2, 0.25) is 0 Å². The van der Waals surface area contributed by atoms with Crippen molar-refractivity contribution < 1.29 is 45.8 Å². The number of nitrogens with zero attached hydrogens (tertiary/aromatic N) is 4. The Morgan fingerprint density at radius 1 is 0.920 bits per heavy atom. The van der Waals surface area contributed by atoms with Crippen LogP contribution in [0.25, 0.3) is 32.1 Å². The molecule has 2 unspecified atom stereocenters. The minimum atomic E-state index is -5.07. The third kappa shape index (κ3) is 6.81. The Hall–Kier alpha value is -4.47.